The topological polar surface area (TPSA) is 154 Å². The zero-order valence-electron chi connectivity index (χ0n) is 23.3. The largest absolute Gasteiger partial charge is 0.494 e. The smallest absolute Gasteiger partial charge is 0.297 e. The van der Waals surface area contributed by atoms with Crippen LogP contribution >= 0.6 is 11.6 Å². The first kappa shape index (κ1) is 29.9. The van der Waals surface area contributed by atoms with Gasteiger partial charge in [-0.05, 0) is 24.3 Å². The maximum atomic E-state index is 12.4. The van der Waals surface area contributed by atoms with Crippen LogP contribution in [-0.2, 0) is 9.59 Å². The highest BCUT2D eigenvalue weighted by molar-refractivity contribution is 6.33. The zero-order valence-corrected chi connectivity index (χ0v) is 24.1. The molecule has 0 unspecified atom stereocenters. The number of aromatic nitrogens is 2. The minimum absolute atomic E-state index is 0.0188. The molecule has 3 amide bonds. The van der Waals surface area contributed by atoms with E-state index in [-0.39, 0.29) is 34.2 Å². The molecule has 14 heteroatoms. The van der Waals surface area contributed by atoms with Crippen LogP contribution in [0.15, 0.2) is 65.5 Å². The number of ether oxygens (including phenoxy) is 1. The quantitative estimate of drug-likeness (QED) is 0.238. The first-order chi connectivity index (χ1) is 20.2. The molecule has 3 aromatic rings. The highest BCUT2D eigenvalue weighted by atomic mass is 35.5. The zero-order chi connectivity index (χ0) is 30.2. The first-order valence-corrected chi connectivity index (χ1v) is 13.3. The number of carbonyl (C=O) groups excluding carboxylic acids is 3. The number of para-hydroxylation sites is 1. The van der Waals surface area contributed by atoms with E-state index in [0.29, 0.717) is 49.0 Å². The second-order valence-electron chi connectivity index (χ2n) is 9.05. The van der Waals surface area contributed by atoms with E-state index in [9.17, 15) is 14.4 Å². The summed E-state index contributed by atoms with van der Waals surface area (Å²) < 4.78 is 5.67. The fraction of sp³-hybridized carbons (Fsp3) is 0.250. The van der Waals surface area contributed by atoms with Crippen molar-refractivity contribution in [2.75, 3.05) is 61.2 Å². The fourth-order valence-corrected chi connectivity index (χ4v) is 4.47. The molecule has 1 aliphatic heterocycles. The molecular formula is C28H30ClN9O4. The van der Waals surface area contributed by atoms with Gasteiger partial charge in [-0.15, -0.1) is 5.11 Å². The molecule has 0 atom stereocenters. The van der Waals surface area contributed by atoms with Crippen LogP contribution in [0.25, 0.3) is 0 Å². The van der Waals surface area contributed by atoms with Gasteiger partial charge in [0, 0.05) is 46.2 Å². The molecule has 1 fully saturated rings. The van der Waals surface area contributed by atoms with E-state index in [1.54, 1.807) is 48.2 Å². The number of hydrogen-bond acceptors (Lipinski definition) is 10. The summed E-state index contributed by atoms with van der Waals surface area (Å²) in [6.07, 6.45) is 2.59. The van der Waals surface area contributed by atoms with Crippen LogP contribution in [-0.4, -0.2) is 72.9 Å². The number of azo groups is 1. The van der Waals surface area contributed by atoms with Crippen LogP contribution in [0.5, 0.6) is 5.75 Å². The van der Waals surface area contributed by atoms with Gasteiger partial charge in [-0.2, -0.15) is 10.1 Å². The van der Waals surface area contributed by atoms with E-state index < -0.39 is 5.91 Å². The van der Waals surface area contributed by atoms with E-state index in [4.69, 9.17) is 16.3 Å². The van der Waals surface area contributed by atoms with Crippen LogP contribution < -0.4 is 25.6 Å². The summed E-state index contributed by atoms with van der Waals surface area (Å²) in [7, 11) is 2.94. The van der Waals surface area contributed by atoms with Crippen molar-refractivity contribution in [3.63, 3.8) is 0 Å². The Balaban J connectivity index is 1.66. The third-order valence-electron chi connectivity index (χ3n) is 6.42. The minimum Gasteiger partial charge on any atom is -0.494 e. The Morgan fingerprint density at radius 1 is 1.07 bits per heavy atom. The molecule has 4 rings (SSSR count). The maximum absolute atomic E-state index is 12.4. The molecule has 218 valence electrons. The number of anilines is 6. The number of benzene rings is 2. The summed E-state index contributed by atoms with van der Waals surface area (Å²) in [5.74, 6) is -0.0246. The second kappa shape index (κ2) is 13.5. The summed E-state index contributed by atoms with van der Waals surface area (Å²) >= 11 is 6.38. The number of halogens is 1. The van der Waals surface area contributed by atoms with Gasteiger partial charge in [0.05, 0.1) is 41.6 Å². The van der Waals surface area contributed by atoms with E-state index in [0.717, 1.165) is 5.69 Å². The third-order valence-corrected chi connectivity index (χ3v) is 6.70. The average molecular weight is 592 g/mol. The molecule has 3 N–H and O–H groups in total. The van der Waals surface area contributed by atoms with Gasteiger partial charge < -0.3 is 30.5 Å². The fourth-order valence-electron chi connectivity index (χ4n) is 4.33. The number of hydrogen-bond donors (Lipinski definition) is 3. The van der Waals surface area contributed by atoms with Gasteiger partial charge in [-0.1, -0.05) is 30.3 Å². The number of methoxy groups -OCH3 is 1. The molecular weight excluding hydrogens is 562 g/mol. The summed E-state index contributed by atoms with van der Waals surface area (Å²) in [6, 6.07) is 10.3. The average Bonchev–Trinajstić information content (AvgIpc) is 2.99. The number of amides is 3. The summed E-state index contributed by atoms with van der Waals surface area (Å²) in [6.45, 7) is 7.35. The highest BCUT2D eigenvalue weighted by Gasteiger charge is 2.23. The van der Waals surface area contributed by atoms with Crippen LogP contribution in [0.3, 0.4) is 0 Å². The Morgan fingerprint density at radius 2 is 1.81 bits per heavy atom. The van der Waals surface area contributed by atoms with E-state index in [1.165, 1.54) is 26.4 Å². The van der Waals surface area contributed by atoms with Crippen molar-refractivity contribution in [1.82, 2.24) is 14.9 Å². The van der Waals surface area contributed by atoms with Gasteiger partial charge >= 0.3 is 0 Å². The van der Waals surface area contributed by atoms with Crippen molar-refractivity contribution in [3.8, 4) is 5.75 Å². The van der Waals surface area contributed by atoms with Crippen LogP contribution in [0.2, 0.25) is 5.02 Å². The molecule has 1 saturated heterocycles. The lowest BCUT2D eigenvalue weighted by Gasteiger charge is -2.36. The number of nitrogens with one attached hydrogen (secondary N) is 3. The number of piperazine rings is 1. The normalized spacial score (nSPS) is 13.0. The van der Waals surface area contributed by atoms with Crippen molar-refractivity contribution in [2.24, 2.45) is 10.2 Å². The van der Waals surface area contributed by atoms with Gasteiger partial charge in [0.1, 0.15) is 10.8 Å². The van der Waals surface area contributed by atoms with Gasteiger partial charge in [-0.3, -0.25) is 14.4 Å². The van der Waals surface area contributed by atoms with Crippen molar-refractivity contribution >= 4 is 63.8 Å². The maximum Gasteiger partial charge on any atom is 0.297 e. The van der Waals surface area contributed by atoms with Crippen molar-refractivity contribution in [2.45, 2.75) is 6.92 Å². The lowest BCUT2D eigenvalue weighted by Crippen LogP contribution is -2.48. The van der Waals surface area contributed by atoms with Gasteiger partial charge in [0.2, 0.25) is 17.8 Å². The Labute approximate surface area is 247 Å². The number of carbonyl (C=O) groups is 3. The molecule has 0 aliphatic carbocycles. The lowest BCUT2D eigenvalue weighted by molar-refractivity contribution is -0.129. The molecule has 1 aliphatic rings. The summed E-state index contributed by atoms with van der Waals surface area (Å²) in [4.78, 5) is 49.1. The van der Waals surface area contributed by atoms with E-state index in [2.05, 4.69) is 47.6 Å². The third kappa shape index (κ3) is 6.99. The molecule has 0 spiro atoms. The molecule has 2 aromatic carbocycles. The standard InChI is InChI=1S/C28H30ClN9O4/c1-5-25(40)32-21-14-22(24(42-4)15-23(21)38-12-10-37(11-13-38)17(2)39)34-28-31-16-19(29)26(35-28)33-20-9-7-6-8-18(20)27(41)36-30-3/h5-9,14-16H,1,10-13H2,2-4H3,(H,32,40)(H2,31,33,34,35). The summed E-state index contributed by atoms with van der Waals surface area (Å²) in [5.41, 5.74) is 2.42. The number of nitrogens with zero attached hydrogens (tertiary/aromatic N) is 6. The molecule has 1 aromatic heterocycles. The Kier molecular flexibility index (Phi) is 9.65. The Morgan fingerprint density at radius 3 is 2.48 bits per heavy atom. The van der Waals surface area contributed by atoms with E-state index >= 15 is 0 Å². The second-order valence-corrected chi connectivity index (χ2v) is 9.45. The number of rotatable bonds is 9. The van der Waals surface area contributed by atoms with Crippen molar-refractivity contribution in [3.05, 3.63) is 65.8 Å². The van der Waals surface area contributed by atoms with Crippen LogP contribution in [0, 0.1) is 0 Å². The van der Waals surface area contributed by atoms with E-state index in [1.807, 2.05) is 0 Å². The SMILES string of the molecule is C=CC(=O)Nc1cc(Nc2ncc(Cl)c(Nc3ccccc3C(=O)N=NC)n2)c(OC)cc1N1CCN(C(C)=O)CC1. The molecule has 0 bridgehead atoms. The Hall–Kier alpha value is -5.04. The molecule has 2 heterocycles. The first-order valence-electron chi connectivity index (χ1n) is 12.9. The van der Waals surface area contributed by atoms with Gasteiger partial charge in [-0.25, -0.2) is 4.98 Å². The monoisotopic (exact) mass is 591 g/mol. The molecule has 0 saturated carbocycles. The minimum atomic E-state index is -0.522. The molecule has 0 radical (unpaired) electrons. The van der Waals surface area contributed by atoms with Crippen molar-refractivity contribution < 1.29 is 19.1 Å². The lowest BCUT2D eigenvalue weighted by atomic mass is 10.1. The predicted molar refractivity (Wildman–Crippen MR) is 161 cm³/mol. The molecule has 13 nitrogen and oxygen atoms in total. The van der Waals surface area contributed by atoms with Crippen LogP contribution in [0.4, 0.5) is 34.5 Å². The van der Waals surface area contributed by atoms with Crippen molar-refractivity contribution in [1.29, 1.82) is 0 Å². The van der Waals surface area contributed by atoms with Crippen LogP contribution in [0.1, 0.15) is 17.3 Å². The Bertz CT molecular complexity index is 1540. The highest BCUT2D eigenvalue weighted by Crippen LogP contribution is 2.39. The summed E-state index contributed by atoms with van der Waals surface area (Å²) in [5, 5.41) is 16.4. The van der Waals surface area contributed by atoms with Gasteiger partial charge in [0.15, 0.2) is 5.82 Å². The predicted octanol–water partition coefficient (Wildman–Crippen LogP) is 4.64. The molecule has 42 heavy (non-hydrogen) atoms. The van der Waals surface area contributed by atoms with Gasteiger partial charge in [0.25, 0.3) is 5.91 Å².